The molecule has 0 radical (unpaired) electrons. The Bertz CT molecular complexity index is 447. The van der Waals surface area contributed by atoms with E-state index < -0.39 is 15.4 Å². The Morgan fingerprint density at radius 2 is 1.80 bits per heavy atom. The molecule has 0 saturated carbocycles. The standard InChI is InChI=1S/C11H16O3S/c1-8(2)15(12,13)14-11-6-5-9(3)7-10(11)4/h5-8H,1-4H3. The Kier molecular flexibility index (Phi) is 3.39. The van der Waals surface area contributed by atoms with Crippen LogP contribution >= 0.6 is 0 Å². The summed E-state index contributed by atoms with van der Waals surface area (Å²) in [6.07, 6.45) is 0. The van der Waals surface area contributed by atoms with Crippen LogP contribution in [-0.4, -0.2) is 13.7 Å². The van der Waals surface area contributed by atoms with E-state index in [1.165, 1.54) is 0 Å². The van der Waals surface area contributed by atoms with Gasteiger partial charge in [-0.2, -0.15) is 8.42 Å². The van der Waals surface area contributed by atoms with Crippen LogP contribution in [0.2, 0.25) is 0 Å². The molecule has 0 aromatic heterocycles. The summed E-state index contributed by atoms with van der Waals surface area (Å²) in [6, 6.07) is 5.41. The fourth-order valence-electron chi connectivity index (χ4n) is 1.11. The molecule has 0 aliphatic carbocycles. The number of aryl methyl sites for hydroxylation is 2. The van der Waals surface area contributed by atoms with Gasteiger partial charge in [-0.1, -0.05) is 17.7 Å². The van der Waals surface area contributed by atoms with E-state index in [9.17, 15) is 8.42 Å². The molecule has 0 aliphatic rings. The largest absolute Gasteiger partial charge is 0.382 e. The minimum atomic E-state index is -3.49. The summed E-state index contributed by atoms with van der Waals surface area (Å²) in [5, 5.41) is -0.529. The highest BCUT2D eigenvalue weighted by Gasteiger charge is 2.18. The van der Waals surface area contributed by atoms with E-state index in [1.807, 2.05) is 26.0 Å². The third-order valence-corrected chi connectivity index (χ3v) is 3.68. The molecule has 0 amide bonds. The predicted octanol–water partition coefficient (Wildman–Crippen LogP) is 2.42. The summed E-state index contributed by atoms with van der Waals surface area (Å²) in [4.78, 5) is 0. The third kappa shape index (κ3) is 2.96. The first-order valence-electron chi connectivity index (χ1n) is 4.83. The monoisotopic (exact) mass is 228 g/mol. The van der Waals surface area contributed by atoms with Crippen LogP contribution in [0.25, 0.3) is 0 Å². The molecule has 3 nitrogen and oxygen atoms in total. The quantitative estimate of drug-likeness (QED) is 0.746. The fourth-order valence-corrected chi connectivity index (χ4v) is 1.74. The summed E-state index contributed by atoms with van der Waals surface area (Å²) in [7, 11) is -3.49. The Labute approximate surface area is 91.2 Å². The van der Waals surface area contributed by atoms with Gasteiger partial charge in [0.05, 0.1) is 5.25 Å². The molecule has 1 aromatic rings. The van der Waals surface area contributed by atoms with Crippen molar-refractivity contribution in [2.24, 2.45) is 0 Å². The van der Waals surface area contributed by atoms with Gasteiger partial charge in [-0.3, -0.25) is 0 Å². The van der Waals surface area contributed by atoms with Crippen molar-refractivity contribution in [1.82, 2.24) is 0 Å². The fraction of sp³-hybridized carbons (Fsp3) is 0.455. The zero-order valence-corrected chi connectivity index (χ0v) is 10.3. The Morgan fingerprint density at radius 1 is 1.20 bits per heavy atom. The average molecular weight is 228 g/mol. The van der Waals surface area contributed by atoms with E-state index in [-0.39, 0.29) is 0 Å². The summed E-state index contributed by atoms with van der Waals surface area (Å²) >= 11 is 0. The molecule has 84 valence electrons. The zero-order chi connectivity index (χ0) is 11.6. The van der Waals surface area contributed by atoms with Crippen molar-refractivity contribution in [3.8, 4) is 5.75 Å². The van der Waals surface area contributed by atoms with Gasteiger partial charge in [-0.25, -0.2) is 0 Å². The van der Waals surface area contributed by atoms with Crippen LogP contribution in [-0.2, 0) is 10.1 Å². The maximum Gasteiger partial charge on any atom is 0.311 e. The molecule has 0 atom stereocenters. The second-order valence-corrected chi connectivity index (χ2v) is 5.99. The van der Waals surface area contributed by atoms with E-state index in [0.717, 1.165) is 11.1 Å². The van der Waals surface area contributed by atoms with Crippen molar-refractivity contribution in [1.29, 1.82) is 0 Å². The number of benzene rings is 1. The molecular formula is C11H16O3S. The van der Waals surface area contributed by atoms with Crippen LogP contribution in [0.1, 0.15) is 25.0 Å². The highest BCUT2D eigenvalue weighted by atomic mass is 32.2. The molecule has 0 N–H and O–H groups in total. The second kappa shape index (κ2) is 4.23. The molecule has 15 heavy (non-hydrogen) atoms. The Hall–Kier alpha value is -1.03. The van der Waals surface area contributed by atoms with Crippen LogP contribution in [0.15, 0.2) is 18.2 Å². The van der Waals surface area contributed by atoms with Crippen molar-refractivity contribution >= 4 is 10.1 Å². The molecule has 0 fully saturated rings. The molecule has 0 unspecified atom stereocenters. The lowest BCUT2D eigenvalue weighted by atomic mass is 10.1. The van der Waals surface area contributed by atoms with Crippen LogP contribution in [0.4, 0.5) is 0 Å². The number of hydrogen-bond donors (Lipinski definition) is 0. The van der Waals surface area contributed by atoms with Crippen molar-refractivity contribution in [3.63, 3.8) is 0 Å². The topological polar surface area (TPSA) is 43.4 Å². The first-order chi connectivity index (χ1) is 6.83. The Morgan fingerprint density at radius 3 is 2.27 bits per heavy atom. The van der Waals surface area contributed by atoms with E-state index in [1.54, 1.807) is 19.9 Å². The highest BCUT2D eigenvalue weighted by Crippen LogP contribution is 2.21. The second-order valence-electron chi connectivity index (χ2n) is 3.89. The van der Waals surface area contributed by atoms with Crippen LogP contribution in [0.5, 0.6) is 5.75 Å². The van der Waals surface area contributed by atoms with Crippen molar-refractivity contribution in [3.05, 3.63) is 29.3 Å². The van der Waals surface area contributed by atoms with Gasteiger partial charge >= 0.3 is 10.1 Å². The average Bonchev–Trinajstić information content (AvgIpc) is 2.09. The number of hydrogen-bond acceptors (Lipinski definition) is 3. The Balaban J connectivity index is 3.01. The predicted molar refractivity (Wildman–Crippen MR) is 60.6 cm³/mol. The molecule has 1 aromatic carbocycles. The highest BCUT2D eigenvalue weighted by molar-refractivity contribution is 7.87. The van der Waals surface area contributed by atoms with Crippen LogP contribution < -0.4 is 4.18 Å². The lowest BCUT2D eigenvalue weighted by molar-refractivity contribution is 0.475. The van der Waals surface area contributed by atoms with Crippen molar-refractivity contribution in [2.75, 3.05) is 0 Å². The minimum Gasteiger partial charge on any atom is -0.382 e. The van der Waals surface area contributed by atoms with Crippen molar-refractivity contribution in [2.45, 2.75) is 32.9 Å². The summed E-state index contributed by atoms with van der Waals surface area (Å²) in [6.45, 7) is 6.98. The lowest BCUT2D eigenvalue weighted by Crippen LogP contribution is -2.20. The molecular weight excluding hydrogens is 212 g/mol. The van der Waals surface area contributed by atoms with Gasteiger partial charge in [0.25, 0.3) is 0 Å². The minimum absolute atomic E-state index is 0.411. The van der Waals surface area contributed by atoms with E-state index >= 15 is 0 Å². The normalized spacial score (nSPS) is 11.8. The molecule has 0 spiro atoms. The third-order valence-electron chi connectivity index (χ3n) is 2.11. The van der Waals surface area contributed by atoms with Gasteiger partial charge < -0.3 is 4.18 Å². The van der Waals surface area contributed by atoms with E-state index in [4.69, 9.17) is 4.18 Å². The molecule has 0 aliphatic heterocycles. The van der Waals surface area contributed by atoms with Crippen LogP contribution in [0, 0.1) is 13.8 Å². The van der Waals surface area contributed by atoms with Gasteiger partial charge in [-0.15, -0.1) is 0 Å². The molecule has 0 bridgehead atoms. The van der Waals surface area contributed by atoms with Gasteiger partial charge in [-0.05, 0) is 39.3 Å². The zero-order valence-electron chi connectivity index (χ0n) is 9.44. The first-order valence-corrected chi connectivity index (χ1v) is 6.30. The first kappa shape index (κ1) is 12.0. The van der Waals surface area contributed by atoms with E-state index in [0.29, 0.717) is 5.75 Å². The number of rotatable bonds is 3. The summed E-state index contributed by atoms with van der Waals surface area (Å²) < 4.78 is 28.1. The molecule has 1 rings (SSSR count). The van der Waals surface area contributed by atoms with Gasteiger partial charge in [0, 0.05) is 0 Å². The van der Waals surface area contributed by atoms with Gasteiger partial charge in [0.2, 0.25) is 0 Å². The SMILES string of the molecule is Cc1ccc(OS(=O)(=O)C(C)C)c(C)c1. The van der Waals surface area contributed by atoms with Gasteiger partial charge in [0.1, 0.15) is 5.75 Å². The molecule has 0 saturated heterocycles. The van der Waals surface area contributed by atoms with Crippen LogP contribution in [0.3, 0.4) is 0 Å². The van der Waals surface area contributed by atoms with Crippen molar-refractivity contribution < 1.29 is 12.6 Å². The maximum absolute atomic E-state index is 11.5. The molecule has 0 heterocycles. The maximum atomic E-state index is 11.5. The van der Waals surface area contributed by atoms with E-state index in [2.05, 4.69) is 0 Å². The molecule has 4 heteroatoms. The lowest BCUT2D eigenvalue weighted by Gasteiger charge is -2.11. The van der Waals surface area contributed by atoms with Gasteiger partial charge in [0.15, 0.2) is 0 Å². The summed E-state index contributed by atoms with van der Waals surface area (Å²) in [5.74, 6) is 0.411. The smallest absolute Gasteiger partial charge is 0.311 e. The summed E-state index contributed by atoms with van der Waals surface area (Å²) in [5.41, 5.74) is 1.92.